The Labute approximate surface area is 173 Å². The van der Waals surface area contributed by atoms with Crippen molar-refractivity contribution in [2.24, 2.45) is 7.05 Å². The Kier molecular flexibility index (Phi) is 4.80. The van der Waals surface area contributed by atoms with Crippen LogP contribution in [0.1, 0.15) is 0 Å². The van der Waals surface area contributed by atoms with Gasteiger partial charge in [0.2, 0.25) is 0 Å². The van der Waals surface area contributed by atoms with Crippen LogP contribution in [0.5, 0.6) is 11.5 Å². The number of anilines is 1. The molecule has 0 amide bonds. The van der Waals surface area contributed by atoms with E-state index in [1.54, 1.807) is 12.1 Å². The zero-order chi connectivity index (χ0) is 20.8. The van der Waals surface area contributed by atoms with Gasteiger partial charge in [-0.15, -0.1) is 0 Å². The molecule has 29 heavy (non-hydrogen) atoms. The molecule has 0 aliphatic carbocycles. The van der Waals surface area contributed by atoms with E-state index in [9.17, 15) is 8.42 Å². The first-order chi connectivity index (χ1) is 13.9. The standard InChI is InChI=1S/C21H19ClN2O4S/c1-24-18-7-5-4-6-14(18)15-10-13(8-9-19(15)24)29(25,26)23-17-12-20(27-2)16(22)11-21(17)28-3/h4-12,23H,1-3H3. The van der Waals surface area contributed by atoms with E-state index in [1.165, 1.54) is 26.4 Å². The molecule has 1 heterocycles. The minimum atomic E-state index is -3.87. The lowest BCUT2D eigenvalue weighted by atomic mass is 10.1. The van der Waals surface area contributed by atoms with Gasteiger partial charge in [0.05, 0.1) is 29.8 Å². The number of hydrogen-bond acceptors (Lipinski definition) is 4. The maximum atomic E-state index is 13.1. The van der Waals surface area contributed by atoms with E-state index in [1.807, 2.05) is 41.9 Å². The van der Waals surface area contributed by atoms with Gasteiger partial charge in [-0.05, 0) is 24.3 Å². The van der Waals surface area contributed by atoms with Crippen LogP contribution in [0, 0.1) is 0 Å². The summed E-state index contributed by atoms with van der Waals surface area (Å²) >= 11 is 6.11. The van der Waals surface area contributed by atoms with Crippen LogP contribution in [0.2, 0.25) is 5.02 Å². The average Bonchev–Trinajstić information content (AvgIpc) is 3.01. The van der Waals surface area contributed by atoms with Crippen LogP contribution in [0.4, 0.5) is 5.69 Å². The predicted octanol–water partition coefficient (Wildman–Crippen LogP) is 4.80. The van der Waals surface area contributed by atoms with E-state index in [0.717, 1.165) is 21.8 Å². The van der Waals surface area contributed by atoms with Crippen LogP contribution in [0.3, 0.4) is 0 Å². The fraction of sp³-hybridized carbons (Fsp3) is 0.143. The molecule has 0 atom stereocenters. The van der Waals surface area contributed by atoms with Crippen LogP contribution < -0.4 is 14.2 Å². The second-order valence-electron chi connectivity index (χ2n) is 6.55. The Morgan fingerprint density at radius 3 is 2.31 bits per heavy atom. The molecule has 4 aromatic rings. The van der Waals surface area contributed by atoms with E-state index >= 15 is 0 Å². The Bertz CT molecular complexity index is 1350. The van der Waals surface area contributed by atoms with Gasteiger partial charge in [-0.3, -0.25) is 4.72 Å². The third kappa shape index (κ3) is 3.26. The molecule has 1 N–H and O–H groups in total. The number of fused-ring (bicyclic) bond motifs is 3. The van der Waals surface area contributed by atoms with Gasteiger partial charge in [-0.2, -0.15) is 0 Å². The average molecular weight is 431 g/mol. The topological polar surface area (TPSA) is 69.6 Å². The molecule has 4 rings (SSSR count). The number of methoxy groups -OCH3 is 2. The largest absolute Gasteiger partial charge is 0.495 e. The predicted molar refractivity (Wildman–Crippen MR) is 116 cm³/mol. The molecule has 0 fully saturated rings. The maximum Gasteiger partial charge on any atom is 0.262 e. The van der Waals surface area contributed by atoms with Gasteiger partial charge in [-0.1, -0.05) is 29.8 Å². The molecule has 0 aliphatic rings. The highest BCUT2D eigenvalue weighted by Gasteiger charge is 2.20. The van der Waals surface area contributed by atoms with Crippen molar-refractivity contribution in [3.05, 3.63) is 59.6 Å². The van der Waals surface area contributed by atoms with Crippen molar-refractivity contribution in [2.45, 2.75) is 4.90 Å². The van der Waals surface area contributed by atoms with E-state index < -0.39 is 10.0 Å². The SMILES string of the molecule is COc1cc(NS(=O)(=O)c2ccc3c(c2)c2ccccc2n3C)c(OC)cc1Cl. The smallest absolute Gasteiger partial charge is 0.262 e. The molecular weight excluding hydrogens is 412 g/mol. The number of sulfonamides is 1. The van der Waals surface area contributed by atoms with Crippen molar-refractivity contribution in [3.8, 4) is 11.5 Å². The van der Waals surface area contributed by atoms with Gasteiger partial charge in [-0.25, -0.2) is 8.42 Å². The van der Waals surface area contributed by atoms with Crippen LogP contribution in [-0.2, 0) is 17.1 Å². The van der Waals surface area contributed by atoms with Gasteiger partial charge >= 0.3 is 0 Å². The third-order valence-electron chi connectivity index (χ3n) is 4.91. The fourth-order valence-electron chi connectivity index (χ4n) is 3.46. The molecule has 0 saturated heterocycles. The quantitative estimate of drug-likeness (QED) is 0.493. The second-order valence-corrected chi connectivity index (χ2v) is 8.64. The summed E-state index contributed by atoms with van der Waals surface area (Å²) in [6.45, 7) is 0. The molecule has 0 bridgehead atoms. The Balaban J connectivity index is 1.82. The van der Waals surface area contributed by atoms with Gasteiger partial charge < -0.3 is 14.0 Å². The third-order valence-corrected chi connectivity index (χ3v) is 6.57. The molecule has 1 aromatic heterocycles. The van der Waals surface area contributed by atoms with Crippen molar-refractivity contribution in [1.29, 1.82) is 0 Å². The Hall–Kier alpha value is -2.90. The molecule has 0 unspecified atom stereocenters. The van der Waals surface area contributed by atoms with Gasteiger partial charge in [0.15, 0.2) is 0 Å². The van der Waals surface area contributed by atoms with E-state index in [2.05, 4.69) is 4.72 Å². The molecule has 0 radical (unpaired) electrons. The summed E-state index contributed by atoms with van der Waals surface area (Å²) in [5.74, 6) is 0.639. The van der Waals surface area contributed by atoms with Crippen LogP contribution in [0.15, 0.2) is 59.5 Å². The first-order valence-corrected chi connectivity index (χ1v) is 10.6. The molecule has 3 aromatic carbocycles. The van der Waals surface area contributed by atoms with Crippen LogP contribution >= 0.6 is 11.6 Å². The number of benzene rings is 3. The molecule has 6 nitrogen and oxygen atoms in total. The maximum absolute atomic E-state index is 13.1. The van der Waals surface area contributed by atoms with Crippen molar-refractivity contribution >= 4 is 49.1 Å². The highest BCUT2D eigenvalue weighted by Crippen LogP contribution is 2.37. The minimum Gasteiger partial charge on any atom is -0.495 e. The van der Waals surface area contributed by atoms with Crippen LogP contribution in [0.25, 0.3) is 21.8 Å². The molecular formula is C21H19ClN2O4S. The summed E-state index contributed by atoms with van der Waals surface area (Å²) < 4.78 is 41.3. The Morgan fingerprint density at radius 2 is 1.59 bits per heavy atom. The zero-order valence-corrected chi connectivity index (χ0v) is 17.6. The number of nitrogens with zero attached hydrogens (tertiary/aromatic N) is 1. The highest BCUT2D eigenvalue weighted by atomic mass is 35.5. The number of halogens is 1. The monoisotopic (exact) mass is 430 g/mol. The lowest BCUT2D eigenvalue weighted by Crippen LogP contribution is -2.13. The van der Waals surface area contributed by atoms with Gasteiger partial charge in [0.1, 0.15) is 11.5 Å². The number of aromatic nitrogens is 1. The molecule has 8 heteroatoms. The summed E-state index contributed by atoms with van der Waals surface area (Å²) in [7, 11) is 0.989. The minimum absolute atomic E-state index is 0.150. The lowest BCUT2D eigenvalue weighted by Gasteiger charge is -2.14. The molecule has 150 valence electrons. The Morgan fingerprint density at radius 1 is 0.897 bits per heavy atom. The van der Waals surface area contributed by atoms with Crippen molar-refractivity contribution in [3.63, 3.8) is 0 Å². The number of rotatable bonds is 5. The number of ether oxygens (including phenoxy) is 2. The normalized spacial score (nSPS) is 11.7. The summed E-state index contributed by atoms with van der Waals surface area (Å²) in [6, 6.07) is 16.0. The second kappa shape index (κ2) is 7.17. The summed E-state index contributed by atoms with van der Waals surface area (Å²) in [5, 5.41) is 2.18. The molecule has 0 saturated carbocycles. The lowest BCUT2D eigenvalue weighted by molar-refractivity contribution is 0.405. The highest BCUT2D eigenvalue weighted by molar-refractivity contribution is 7.92. The molecule has 0 aliphatic heterocycles. The summed E-state index contributed by atoms with van der Waals surface area (Å²) in [6.07, 6.45) is 0. The summed E-state index contributed by atoms with van der Waals surface area (Å²) in [4.78, 5) is 0.150. The zero-order valence-electron chi connectivity index (χ0n) is 16.1. The fourth-order valence-corrected chi connectivity index (χ4v) is 4.78. The van der Waals surface area contributed by atoms with Crippen LogP contribution in [-0.4, -0.2) is 27.2 Å². The number of aryl methyl sites for hydroxylation is 1. The first kappa shape index (κ1) is 19.4. The van der Waals surface area contributed by atoms with Crippen molar-refractivity contribution in [1.82, 2.24) is 4.57 Å². The van der Waals surface area contributed by atoms with Gasteiger partial charge in [0, 0.05) is 41.0 Å². The summed E-state index contributed by atoms with van der Waals surface area (Å²) in [5.41, 5.74) is 2.23. The van der Waals surface area contributed by atoms with E-state index in [4.69, 9.17) is 21.1 Å². The molecule has 0 spiro atoms. The number of hydrogen-bond donors (Lipinski definition) is 1. The van der Waals surface area contributed by atoms with E-state index in [0.29, 0.717) is 16.5 Å². The number of para-hydroxylation sites is 1. The first-order valence-electron chi connectivity index (χ1n) is 8.77. The van der Waals surface area contributed by atoms with E-state index in [-0.39, 0.29) is 10.6 Å². The number of nitrogens with one attached hydrogen (secondary N) is 1. The van der Waals surface area contributed by atoms with Gasteiger partial charge in [0.25, 0.3) is 10.0 Å². The van der Waals surface area contributed by atoms with Crippen molar-refractivity contribution in [2.75, 3.05) is 18.9 Å². The van der Waals surface area contributed by atoms with Crippen molar-refractivity contribution < 1.29 is 17.9 Å².